The molecule has 0 bridgehead atoms. The second kappa shape index (κ2) is 7.77. The molecular weight excluding hydrogens is 260 g/mol. The lowest BCUT2D eigenvalue weighted by molar-refractivity contribution is 0.0177. The average Bonchev–Trinajstić information content (AvgIpc) is 2.42. The van der Waals surface area contributed by atoms with E-state index < -0.39 is 12.1 Å². The summed E-state index contributed by atoms with van der Waals surface area (Å²) in [6.07, 6.45) is -0.958. The lowest BCUT2D eigenvalue weighted by atomic mass is 10.1. The molecule has 0 fully saturated rings. The minimum absolute atomic E-state index is 0.0967. The van der Waals surface area contributed by atoms with Crippen LogP contribution in [0.15, 0.2) is 24.3 Å². The lowest BCUT2D eigenvalue weighted by Crippen LogP contribution is -2.16. The number of ketones is 1. The van der Waals surface area contributed by atoms with E-state index in [4.69, 9.17) is 9.47 Å². The molecule has 0 aromatic heterocycles. The zero-order valence-corrected chi connectivity index (χ0v) is 12.0. The Morgan fingerprint density at radius 1 is 1.05 bits per heavy atom. The number of esters is 1. The number of aliphatic hydroxyl groups is 1. The molecule has 0 aliphatic heterocycles. The summed E-state index contributed by atoms with van der Waals surface area (Å²) in [5, 5.41) is 9.19. The van der Waals surface area contributed by atoms with Gasteiger partial charge in [0.15, 0.2) is 5.78 Å². The summed E-state index contributed by atoms with van der Waals surface area (Å²) in [6.45, 7) is 5.74. The van der Waals surface area contributed by atoms with Crippen LogP contribution >= 0.6 is 0 Å². The van der Waals surface area contributed by atoms with Crippen molar-refractivity contribution in [3.05, 3.63) is 35.4 Å². The molecule has 0 radical (unpaired) electrons. The highest BCUT2D eigenvalue weighted by molar-refractivity contribution is 6.00. The van der Waals surface area contributed by atoms with E-state index in [9.17, 15) is 14.7 Å². The zero-order chi connectivity index (χ0) is 15.1. The summed E-state index contributed by atoms with van der Waals surface area (Å²) in [7, 11) is 0. The number of aliphatic hydroxyl groups excluding tert-OH is 1. The van der Waals surface area contributed by atoms with Gasteiger partial charge >= 0.3 is 5.97 Å². The molecule has 0 aliphatic rings. The van der Waals surface area contributed by atoms with Crippen LogP contribution in [0, 0.1) is 0 Å². The second-order valence-electron chi connectivity index (χ2n) is 4.67. The fourth-order valence-corrected chi connectivity index (χ4v) is 1.51. The van der Waals surface area contributed by atoms with Crippen molar-refractivity contribution in [2.75, 3.05) is 13.2 Å². The van der Waals surface area contributed by atoms with Gasteiger partial charge in [0.25, 0.3) is 0 Å². The fourth-order valence-electron chi connectivity index (χ4n) is 1.51. The Labute approximate surface area is 118 Å². The second-order valence-corrected chi connectivity index (χ2v) is 4.67. The minimum Gasteiger partial charge on any atom is -0.460 e. The normalized spacial score (nSPS) is 12.2. The summed E-state index contributed by atoms with van der Waals surface area (Å²) in [5.74, 6) is -0.844. The van der Waals surface area contributed by atoms with E-state index in [0.717, 1.165) is 0 Å². The van der Waals surface area contributed by atoms with Crippen molar-refractivity contribution in [1.29, 1.82) is 0 Å². The van der Waals surface area contributed by atoms with E-state index in [2.05, 4.69) is 0 Å². The maximum Gasteiger partial charge on any atom is 0.338 e. The highest BCUT2D eigenvalue weighted by Crippen LogP contribution is 2.08. The van der Waals surface area contributed by atoms with Crippen molar-refractivity contribution in [3.8, 4) is 0 Å². The predicted molar refractivity (Wildman–Crippen MR) is 73.8 cm³/mol. The number of Topliss-reactive ketones (excluding diaryl/α,β-unsaturated/α-hetero) is 1. The van der Waals surface area contributed by atoms with Crippen molar-refractivity contribution in [2.24, 2.45) is 0 Å². The van der Waals surface area contributed by atoms with Crippen molar-refractivity contribution in [1.82, 2.24) is 0 Å². The van der Waals surface area contributed by atoms with Gasteiger partial charge < -0.3 is 14.6 Å². The molecule has 5 heteroatoms. The molecule has 1 rings (SSSR count). The van der Waals surface area contributed by atoms with Gasteiger partial charge in [0.2, 0.25) is 0 Å². The van der Waals surface area contributed by atoms with Crippen LogP contribution in [0.2, 0.25) is 0 Å². The Bertz CT molecular complexity index is 448. The molecule has 0 aliphatic carbocycles. The smallest absolute Gasteiger partial charge is 0.338 e. The molecule has 1 aromatic carbocycles. The summed E-state index contributed by atoms with van der Waals surface area (Å²) >= 11 is 0. The van der Waals surface area contributed by atoms with E-state index in [-0.39, 0.29) is 18.5 Å². The third kappa shape index (κ3) is 5.11. The number of ether oxygens (including phenoxy) is 2. The molecule has 0 heterocycles. The molecule has 0 spiro atoms. The maximum atomic E-state index is 11.7. The first-order valence-corrected chi connectivity index (χ1v) is 6.53. The quantitative estimate of drug-likeness (QED) is 0.468. The summed E-state index contributed by atoms with van der Waals surface area (Å²) in [5.41, 5.74) is 0.719. The molecule has 20 heavy (non-hydrogen) atoms. The van der Waals surface area contributed by atoms with E-state index in [1.807, 2.05) is 13.8 Å². The maximum absolute atomic E-state index is 11.7. The van der Waals surface area contributed by atoms with E-state index >= 15 is 0 Å². The monoisotopic (exact) mass is 280 g/mol. The van der Waals surface area contributed by atoms with Crippen LogP contribution in [0.4, 0.5) is 0 Å². The highest BCUT2D eigenvalue weighted by atomic mass is 16.6. The third-order valence-corrected chi connectivity index (χ3v) is 2.55. The van der Waals surface area contributed by atoms with E-state index in [1.54, 1.807) is 0 Å². The minimum atomic E-state index is -1.05. The first-order chi connectivity index (χ1) is 9.41. The highest BCUT2D eigenvalue weighted by Gasteiger charge is 2.13. The van der Waals surface area contributed by atoms with Crippen LogP contribution in [-0.4, -0.2) is 42.3 Å². The number of carbonyl (C=O) groups excluding carboxylic acids is 2. The Hall–Kier alpha value is -1.72. The molecular formula is C15H20O5. The number of benzene rings is 1. The summed E-state index contributed by atoms with van der Waals surface area (Å²) < 4.78 is 10.3. The average molecular weight is 280 g/mol. The molecule has 0 saturated carbocycles. The van der Waals surface area contributed by atoms with Gasteiger partial charge in [-0.3, -0.25) is 4.79 Å². The van der Waals surface area contributed by atoms with Gasteiger partial charge in [-0.25, -0.2) is 4.79 Å². The predicted octanol–water partition coefficient (Wildman–Crippen LogP) is 1.83. The fraction of sp³-hybridized carbons (Fsp3) is 0.467. The number of carbonyl (C=O) groups is 2. The molecule has 1 atom stereocenters. The molecule has 110 valence electrons. The molecule has 5 nitrogen and oxygen atoms in total. The van der Waals surface area contributed by atoms with Crippen molar-refractivity contribution in [3.63, 3.8) is 0 Å². The largest absolute Gasteiger partial charge is 0.460 e. The van der Waals surface area contributed by atoms with Crippen molar-refractivity contribution < 1.29 is 24.2 Å². The van der Waals surface area contributed by atoms with Gasteiger partial charge in [-0.1, -0.05) is 12.1 Å². The van der Waals surface area contributed by atoms with Gasteiger partial charge in [0.05, 0.1) is 18.3 Å². The molecule has 1 unspecified atom stereocenters. The first-order valence-electron chi connectivity index (χ1n) is 6.53. The van der Waals surface area contributed by atoms with Crippen LogP contribution in [-0.2, 0) is 9.47 Å². The number of hydrogen-bond acceptors (Lipinski definition) is 5. The topological polar surface area (TPSA) is 72.8 Å². The zero-order valence-electron chi connectivity index (χ0n) is 12.0. The Balaban J connectivity index is 2.51. The summed E-state index contributed by atoms with van der Waals surface area (Å²) in [4.78, 5) is 23.2. The molecule has 0 saturated heterocycles. The summed E-state index contributed by atoms with van der Waals surface area (Å²) in [6, 6.07) is 6.00. The van der Waals surface area contributed by atoms with Crippen LogP contribution in [0.25, 0.3) is 0 Å². The van der Waals surface area contributed by atoms with Gasteiger partial charge in [-0.05, 0) is 32.9 Å². The third-order valence-electron chi connectivity index (χ3n) is 2.55. The van der Waals surface area contributed by atoms with E-state index in [1.165, 1.54) is 31.2 Å². The molecule has 1 N–H and O–H groups in total. The number of rotatable bonds is 7. The van der Waals surface area contributed by atoms with Crippen LogP contribution < -0.4 is 0 Å². The van der Waals surface area contributed by atoms with Gasteiger partial charge in [0.1, 0.15) is 12.7 Å². The first kappa shape index (κ1) is 16.3. The van der Waals surface area contributed by atoms with Crippen LogP contribution in [0.5, 0.6) is 0 Å². The SMILES string of the molecule is CC(C)OCCOC(=O)c1ccc(C(=O)C(C)O)cc1. The van der Waals surface area contributed by atoms with Gasteiger partial charge in [-0.15, -0.1) is 0 Å². The van der Waals surface area contributed by atoms with Gasteiger partial charge in [0, 0.05) is 5.56 Å². The molecule has 0 amide bonds. The van der Waals surface area contributed by atoms with Crippen LogP contribution in [0.3, 0.4) is 0 Å². The molecule has 1 aromatic rings. The Kier molecular flexibility index (Phi) is 6.35. The van der Waals surface area contributed by atoms with Gasteiger partial charge in [-0.2, -0.15) is 0 Å². The number of hydrogen-bond donors (Lipinski definition) is 1. The van der Waals surface area contributed by atoms with Crippen molar-refractivity contribution >= 4 is 11.8 Å². The Morgan fingerprint density at radius 2 is 1.60 bits per heavy atom. The Morgan fingerprint density at radius 3 is 2.10 bits per heavy atom. The lowest BCUT2D eigenvalue weighted by Gasteiger charge is -2.08. The van der Waals surface area contributed by atoms with Crippen molar-refractivity contribution in [2.45, 2.75) is 33.0 Å². The standard InChI is InChI=1S/C15H20O5/c1-10(2)19-8-9-20-15(18)13-6-4-12(5-7-13)14(17)11(3)16/h4-7,10-11,16H,8-9H2,1-3H3. The van der Waals surface area contributed by atoms with E-state index in [0.29, 0.717) is 17.7 Å². The van der Waals surface area contributed by atoms with Crippen LogP contribution in [0.1, 0.15) is 41.5 Å².